The van der Waals surface area contributed by atoms with Crippen molar-refractivity contribution in [3.63, 3.8) is 0 Å². The minimum absolute atomic E-state index is 0.911. The van der Waals surface area contributed by atoms with E-state index in [1.807, 2.05) is 17.4 Å². The number of thiophene rings is 1. The Bertz CT molecular complexity index is 832. The fourth-order valence-corrected chi connectivity index (χ4v) is 3.96. The molecule has 0 aliphatic carbocycles. The van der Waals surface area contributed by atoms with Crippen molar-refractivity contribution in [3.05, 3.63) is 58.4 Å². The SMILES string of the molecule is COc1ccc2[nH]cc(C3=CCN(Cc4cccs4)CC3)c2c1. The van der Waals surface area contributed by atoms with Gasteiger partial charge in [-0.05, 0) is 41.6 Å². The molecule has 1 aliphatic heterocycles. The van der Waals surface area contributed by atoms with Crippen LogP contribution in [0, 0.1) is 0 Å². The van der Waals surface area contributed by atoms with Gasteiger partial charge in [-0.3, -0.25) is 4.90 Å². The summed E-state index contributed by atoms with van der Waals surface area (Å²) in [6.45, 7) is 3.19. The molecule has 1 N–H and O–H groups in total. The first-order valence-corrected chi connectivity index (χ1v) is 8.81. The number of nitrogens with one attached hydrogen (secondary N) is 1. The van der Waals surface area contributed by atoms with Crippen molar-refractivity contribution in [3.8, 4) is 5.75 Å². The van der Waals surface area contributed by atoms with Crippen molar-refractivity contribution in [1.82, 2.24) is 9.88 Å². The molecule has 0 saturated heterocycles. The number of ether oxygens (including phenoxy) is 1. The topological polar surface area (TPSA) is 28.3 Å². The van der Waals surface area contributed by atoms with Crippen molar-refractivity contribution < 1.29 is 4.74 Å². The number of hydrogen-bond acceptors (Lipinski definition) is 3. The number of benzene rings is 1. The zero-order valence-electron chi connectivity index (χ0n) is 13.2. The van der Waals surface area contributed by atoms with Gasteiger partial charge in [0.05, 0.1) is 7.11 Å². The molecule has 0 bridgehead atoms. The molecule has 4 rings (SSSR count). The monoisotopic (exact) mass is 324 g/mol. The van der Waals surface area contributed by atoms with Gasteiger partial charge in [-0.25, -0.2) is 0 Å². The highest BCUT2D eigenvalue weighted by molar-refractivity contribution is 7.09. The van der Waals surface area contributed by atoms with Crippen LogP contribution in [-0.2, 0) is 6.54 Å². The predicted molar refractivity (Wildman–Crippen MR) is 97.0 cm³/mol. The van der Waals surface area contributed by atoms with E-state index in [0.717, 1.165) is 31.8 Å². The molecule has 1 aliphatic rings. The summed E-state index contributed by atoms with van der Waals surface area (Å²) in [5, 5.41) is 3.40. The van der Waals surface area contributed by atoms with Crippen LogP contribution in [0.2, 0.25) is 0 Å². The molecule has 0 saturated carbocycles. The first kappa shape index (κ1) is 14.5. The maximum atomic E-state index is 5.37. The van der Waals surface area contributed by atoms with Crippen LogP contribution in [0.25, 0.3) is 16.5 Å². The van der Waals surface area contributed by atoms with Crippen LogP contribution in [0.3, 0.4) is 0 Å². The molecule has 2 aromatic heterocycles. The first-order valence-electron chi connectivity index (χ1n) is 7.93. The standard InChI is InChI=1S/C19H20N2OS/c1-22-15-4-5-19-17(11-15)18(12-20-19)14-6-8-21(9-7-14)13-16-3-2-10-23-16/h2-6,10-12,20H,7-9,13H2,1H3. The van der Waals surface area contributed by atoms with Crippen molar-refractivity contribution in [2.75, 3.05) is 20.2 Å². The fourth-order valence-electron chi connectivity index (χ4n) is 3.21. The molecular weight excluding hydrogens is 304 g/mol. The summed E-state index contributed by atoms with van der Waals surface area (Å²) in [6, 6.07) is 10.6. The van der Waals surface area contributed by atoms with E-state index < -0.39 is 0 Å². The van der Waals surface area contributed by atoms with Crippen molar-refractivity contribution >= 4 is 27.8 Å². The first-order chi connectivity index (χ1) is 11.3. The number of nitrogens with zero attached hydrogens (tertiary/aromatic N) is 1. The second-order valence-corrected chi connectivity index (χ2v) is 6.94. The number of rotatable bonds is 4. The molecule has 0 unspecified atom stereocenters. The van der Waals surface area contributed by atoms with E-state index in [9.17, 15) is 0 Å². The summed E-state index contributed by atoms with van der Waals surface area (Å²) in [7, 11) is 1.72. The van der Waals surface area contributed by atoms with Crippen LogP contribution in [-0.4, -0.2) is 30.1 Å². The Kier molecular flexibility index (Phi) is 3.93. The average Bonchev–Trinajstić information content (AvgIpc) is 3.24. The maximum absolute atomic E-state index is 5.37. The molecule has 0 spiro atoms. The van der Waals surface area contributed by atoms with Gasteiger partial charge < -0.3 is 9.72 Å². The molecule has 0 fully saturated rings. The van der Waals surface area contributed by atoms with Gasteiger partial charge >= 0.3 is 0 Å². The summed E-state index contributed by atoms with van der Waals surface area (Å²) in [5.41, 5.74) is 3.92. The molecule has 118 valence electrons. The molecular formula is C19H20N2OS. The molecule has 4 heteroatoms. The summed E-state index contributed by atoms with van der Waals surface area (Å²) >= 11 is 1.84. The number of methoxy groups -OCH3 is 1. The van der Waals surface area contributed by atoms with E-state index in [-0.39, 0.29) is 0 Å². The molecule has 0 radical (unpaired) electrons. The summed E-state index contributed by atoms with van der Waals surface area (Å²) in [6.07, 6.45) is 5.60. The summed E-state index contributed by atoms with van der Waals surface area (Å²) < 4.78 is 5.37. The van der Waals surface area contributed by atoms with Gasteiger partial charge in [0.15, 0.2) is 0 Å². The summed E-state index contributed by atoms with van der Waals surface area (Å²) in [5.74, 6) is 0.911. The van der Waals surface area contributed by atoms with Crippen LogP contribution in [0.15, 0.2) is 48.0 Å². The Morgan fingerprint density at radius 1 is 1.30 bits per heavy atom. The zero-order valence-corrected chi connectivity index (χ0v) is 14.0. The van der Waals surface area contributed by atoms with E-state index in [0.29, 0.717) is 0 Å². The molecule has 3 heterocycles. The van der Waals surface area contributed by atoms with E-state index in [1.165, 1.54) is 26.9 Å². The van der Waals surface area contributed by atoms with Gasteiger partial charge in [-0.2, -0.15) is 0 Å². The highest BCUT2D eigenvalue weighted by Gasteiger charge is 2.16. The number of aromatic nitrogens is 1. The molecule has 23 heavy (non-hydrogen) atoms. The quantitative estimate of drug-likeness (QED) is 0.764. The lowest BCUT2D eigenvalue weighted by Gasteiger charge is -2.25. The number of fused-ring (bicyclic) bond motifs is 1. The van der Waals surface area contributed by atoms with E-state index >= 15 is 0 Å². The van der Waals surface area contributed by atoms with Gasteiger partial charge in [0.25, 0.3) is 0 Å². The minimum Gasteiger partial charge on any atom is -0.497 e. The van der Waals surface area contributed by atoms with Crippen LogP contribution in [0.5, 0.6) is 5.75 Å². The third-order valence-electron chi connectivity index (χ3n) is 4.49. The van der Waals surface area contributed by atoms with Gasteiger partial charge in [-0.15, -0.1) is 11.3 Å². The van der Waals surface area contributed by atoms with E-state index in [2.05, 4.69) is 51.8 Å². The van der Waals surface area contributed by atoms with Gasteiger partial charge in [0, 0.05) is 47.2 Å². The molecule has 3 nitrogen and oxygen atoms in total. The van der Waals surface area contributed by atoms with Crippen molar-refractivity contribution in [2.45, 2.75) is 13.0 Å². The largest absolute Gasteiger partial charge is 0.497 e. The smallest absolute Gasteiger partial charge is 0.119 e. The molecule has 3 aromatic rings. The second kappa shape index (κ2) is 6.22. The number of H-pyrrole nitrogens is 1. The predicted octanol–water partition coefficient (Wildman–Crippen LogP) is 4.53. The summed E-state index contributed by atoms with van der Waals surface area (Å²) in [4.78, 5) is 7.32. The van der Waals surface area contributed by atoms with Crippen LogP contribution in [0.1, 0.15) is 16.9 Å². The maximum Gasteiger partial charge on any atom is 0.119 e. The number of aromatic amines is 1. The fraction of sp³-hybridized carbons (Fsp3) is 0.263. The Morgan fingerprint density at radius 3 is 3.00 bits per heavy atom. The second-order valence-electron chi connectivity index (χ2n) is 5.91. The molecule has 1 aromatic carbocycles. The Morgan fingerprint density at radius 2 is 2.26 bits per heavy atom. The van der Waals surface area contributed by atoms with Crippen molar-refractivity contribution in [2.24, 2.45) is 0 Å². The third kappa shape index (κ3) is 2.92. The van der Waals surface area contributed by atoms with Crippen molar-refractivity contribution in [1.29, 1.82) is 0 Å². The highest BCUT2D eigenvalue weighted by atomic mass is 32.1. The number of hydrogen-bond donors (Lipinski definition) is 1. The van der Waals surface area contributed by atoms with E-state index in [1.54, 1.807) is 7.11 Å². The highest BCUT2D eigenvalue weighted by Crippen LogP contribution is 2.31. The van der Waals surface area contributed by atoms with E-state index in [4.69, 9.17) is 4.74 Å². The Balaban J connectivity index is 1.56. The van der Waals surface area contributed by atoms with Crippen LogP contribution < -0.4 is 4.74 Å². The normalized spacial score (nSPS) is 15.8. The zero-order chi connectivity index (χ0) is 15.6. The van der Waals surface area contributed by atoms with Gasteiger partial charge in [-0.1, -0.05) is 12.1 Å². The Labute approximate surface area is 140 Å². The lowest BCUT2D eigenvalue weighted by molar-refractivity contribution is 0.296. The van der Waals surface area contributed by atoms with Gasteiger partial charge in [0.2, 0.25) is 0 Å². The van der Waals surface area contributed by atoms with Gasteiger partial charge in [0.1, 0.15) is 5.75 Å². The molecule has 0 amide bonds. The lowest BCUT2D eigenvalue weighted by Crippen LogP contribution is -2.27. The van der Waals surface area contributed by atoms with Crippen LogP contribution in [0.4, 0.5) is 0 Å². The average molecular weight is 324 g/mol. The van der Waals surface area contributed by atoms with Crippen LogP contribution >= 0.6 is 11.3 Å². The molecule has 0 atom stereocenters. The minimum atomic E-state index is 0.911. The Hall–Kier alpha value is -2.04. The lowest BCUT2D eigenvalue weighted by atomic mass is 9.99. The third-order valence-corrected chi connectivity index (χ3v) is 5.35.